The van der Waals surface area contributed by atoms with E-state index in [0.29, 0.717) is 33.2 Å². The Morgan fingerprint density at radius 1 is 0.974 bits per heavy atom. The summed E-state index contributed by atoms with van der Waals surface area (Å²) < 4.78 is 6.46. The second kappa shape index (κ2) is 11.0. The highest BCUT2D eigenvalue weighted by Gasteiger charge is 2.21. The summed E-state index contributed by atoms with van der Waals surface area (Å²) >= 11 is 10.0. The molecule has 5 rings (SSSR count). The maximum absolute atomic E-state index is 13.3. The molecule has 38 heavy (non-hydrogen) atoms. The van der Waals surface area contributed by atoms with Gasteiger partial charge in [0.2, 0.25) is 0 Å². The topological polar surface area (TPSA) is 83.5 Å². The van der Waals surface area contributed by atoms with Crippen molar-refractivity contribution in [3.63, 3.8) is 0 Å². The highest BCUT2D eigenvalue weighted by molar-refractivity contribution is 9.10. The van der Waals surface area contributed by atoms with Gasteiger partial charge in [0.25, 0.3) is 5.91 Å². The number of aromatic nitrogens is 1. The summed E-state index contributed by atoms with van der Waals surface area (Å²) in [5.41, 5.74) is 7.09. The Hall–Kier alpha value is -4.20. The molecule has 5 aromatic rings. The second-order valence-corrected chi connectivity index (χ2v) is 9.86. The zero-order valence-electron chi connectivity index (χ0n) is 20.2. The third kappa shape index (κ3) is 5.39. The summed E-state index contributed by atoms with van der Waals surface area (Å²) in [6.07, 6.45) is 1.43. The van der Waals surface area contributed by atoms with Crippen molar-refractivity contribution in [2.24, 2.45) is 5.10 Å². The van der Waals surface area contributed by atoms with Crippen molar-refractivity contribution in [3.8, 4) is 16.9 Å². The van der Waals surface area contributed by atoms with Crippen molar-refractivity contribution in [1.82, 2.24) is 10.4 Å². The Bertz CT molecular complexity index is 1690. The van der Waals surface area contributed by atoms with Crippen LogP contribution in [-0.4, -0.2) is 23.1 Å². The van der Waals surface area contributed by atoms with E-state index in [0.717, 1.165) is 26.5 Å². The van der Waals surface area contributed by atoms with Gasteiger partial charge < -0.3 is 9.72 Å². The number of ether oxygens (including phenoxy) is 1. The number of aryl methyl sites for hydroxylation is 1. The second-order valence-electron chi connectivity index (χ2n) is 8.54. The van der Waals surface area contributed by atoms with Crippen LogP contribution in [0.3, 0.4) is 0 Å². The molecule has 1 amide bonds. The number of hydrazone groups is 1. The molecule has 6 nitrogen and oxygen atoms in total. The number of nitrogens with zero attached hydrogens (tertiary/aromatic N) is 1. The molecule has 0 aliphatic rings. The number of aromatic amines is 1. The lowest BCUT2D eigenvalue weighted by molar-refractivity contribution is 0.0734. The smallest absolute Gasteiger partial charge is 0.343 e. The number of carbonyl (C=O) groups is 2. The summed E-state index contributed by atoms with van der Waals surface area (Å²) in [4.78, 5) is 29.1. The molecule has 1 aromatic heterocycles. The van der Waals surface area contributed by atoms with Gasteiger partial charge in [0, 0.05) is 37.1 Å². The Balaban J connectivity index is 1.40. The molecule has 0 bridgehead atoms. The van der Waals surface area contributed by atoms with Gasteiger partial charge in [-0.15, -0.1) is 0 Å². The maximum atomic E-state index is 13.3. The normalized spacial score (nSPS) is 11.1. The average Bonchev–Trinajstić information content (AvgIpc) is 3.28. The first-order valence-electron chi connectivity index (χ1n) is 11.7. The molecule has 0 radical (unpaired) electrons. The number of amides is 1. The third-order valence-corrected chi connectivity index (χ3v) is 6.73. The number of hydrogen-bond acceptors (Lipinski definition) is 4. The first-order chi connectivity index (χ1) is 18.4. The van der Waals surface area contributed by atoms with Crippen LogP contribution >= 0.6 is 27.5 Å². The minimum Gasteiger partial charge on any atom is -0.422 e. The lowest BCUT2D eigenvalue weighted by Gasteiger charge is -2.08. The van der Waals surface area contributed by atoms with Crippen LogP contribution in [0.2, 0.25) is 5.02 Å². The van der Waals surface area contributed by atoms with Gasteiger partial charge in [-0.25, -0.2) is 10.2 Å². The minimum atomic E-state index is -0.483. The number of esters is 1. The van der Waals surface area contributed by atoms with Crippen molar-refractivity contribution in [3.05, 3.63) is 123 Å². The molecule has 2 N–H and O–H groups in total. The summed E-state index contributed by atoms with van der Waals surface area (Å²) in [5, 5.41) is 5.50. The van der Waals surface area contributed by atoms with Crippen LogP contribution in [0.15, 0.2) is 101 Å². The van der Waals surface area contributed by atoms with E-state index in [1.807, 2.05) is 55.5 Å². The van der Waals surface area contributed by atoms with Gasteiger partial charge in [0.1, 0.15) is 11.4 Å². The maximum Gasteiger partial charge on any atom is 0.343 e. The molecule has 0 saturated heterocycles. The molecule has 0 aliphatic heterocycles. The van der Waals surface area contributed by atoms with E-state index in [-0.39, 0.29) is 0 Å². The van der Waals surface area contributed by atoms with Gasteiger partial charge in [-0.1, -0.05) is 75.6 Å². The number of halogens is 2. The van der Waals surface area contributed by atoms with Crippen molar-refractivity contribution in [2.75, 3.05) is 0 Å². The Morgan fingerprint density at radius 2 is 1.71 bits per heavy atom. The molecule has 0 fully saturated rings. The zero-order chi connectivity index (χ0) is 26.6. The third-order valence-electron chi connectivity index (χ3n) is 5.91. The van der Waals surface area contributed by atoms with Crippen LogP contribution in [0.25, 0.3) is 22.0 Å². The Morgan fingerprint density at radius 3 is 2.50 bits per heavy atom. The number of hydrogen-bond donors (Lipinski definition) is 2. The number of benzene rings is 4. The van der Waals surface area contributed by atoms with Crippen LogP contribution < -0.4 is 10.2 Å². The van der Waals surface area contributed by atoms with Gasteiger partial charge in [0.05, 0.1) is 11.8 Å². The van der Waals surface area contributed by atoms with Crippen LogP contribution in [-0.2, 0) is 0 Å². The van der Waals surface area contributed by atoms with E-state index < -0.39 is 11.9 Å². The number of fused-ring (bicyclic) bond motifs is 1. The first kappa shape index (κ1) is 25.4. The SMILES string of the molecule is Cc1ccc(C(=O)Oc2ccccc2C=NNC(=O)c2[nH]c3ccc(Br)cc3c2-c2ccccc2Cl)cc1. The van der Waals surface area contributed by atoms with Gasteiger partial charge >= 0.3 is 5.97 Å². The first-order valence-corrected chi connectivity index (χ1v) is 12.9. The van der Waals surface area contributed by atoms with E-state index in [1.54, 1.807) is 42.5 Å². The van der Waals surface area contributed by atoms with Gasteiger partial charge in [-0.05, 0) is 55.5 Å². The quantitative estimate of drug-likeness (QED) is 0.0933. The van der Waals surface area contributed by atoms with Crippen molar-refractivity contribution in [2.45, 2.75) is 6.92 Å². The molecule has 0 aliphatic carbocycles. The Labute approximate surface area is 232 Å². The van der Waals surface area contributed by atoms with E-state index in [4.69, 9.17) is 16.3 Å². The van der Waals surface area contributed by atoms with E-state index in [1.165, 1.54) is 6.21 Å². The fraction of sp³-hybridized carbons (Fsp3) is 0.0333. The number of para-hydroxylation sites is 1. The number of nitrogens with one attached hydrogen (secondary N) is 2. The lowest BCUT2D eigenvalue weighted by Crippen LogP contribution is -2.19. The van der Waals surface area contributed by atoms with E-state index in [2.05, 4.69) is 31.4 Å². The molecule has 0 saturated carbocycles. The van der Waals surface area contributed by atoms with Crippen molar-refractivity contribution < 1.29 is 14.3 Å². The van der Waals surface area contributed by atoms with E-state index >= 15 is 0 Å². The predicted molar refractivity (Wildman–Crippen MR) is 154 cm³/mol. The molecule has 0 unspecified atom stereocenters. The summed E-state index contributed by atoms with van der Waals surface area (Å²) in [7, 11) is 0. The minimum absolute atomic E-state index is 0.322. The average molecular weight is 587 g/mol. The largest absolute Gasteiger partial charge is 0.422 e. The lowest BCUT2D eigenvalue weighted by atomic mass is 10.0. The molecular formula is C30H21BrClN3O3. The molecule has 8 heteroatoms. The zero-order valence-corrected chi connectivity index (χ0v) is 22.5. The molecular weight excluding hydrogens is 566 g/mol. The van der Waals surface area contributed by atoms with Gasteiger partial charge in [-0.2, -0.15) is 5.10 Å². The fourth-order valence-electron chi connectivity index (χ4n) is 4.02. The molecule has 4 aromatic carbocycles. The van der Waals surface area contributed by atoms with Crippen molar-refractivity contribution >= 4 is 56.5 Å². The molecule has 1 heterocycles. The molecule has 188 valence electrons. The predicted octanol–water partition coefficient (Wildman–Crippen LogP) is 7.54. The monoisotopic (exact) mass is 585 g/mol. The highest BCUT2D eigenvalue weighted by atomic mass is 79.9. The molecule has 0 atom stereocenters. The fourth-order valence-corrected chi connectivity index (χ4v) is 4.61. The summed E-state index contributed by atoms with van der Waals surface area (Å²) in [5.74, 6) is -0.607. The van der Waals surface area contributed by atoms with Crippen LogP contribution in [0.5, 0.6) is 5.75 Å². The number of rotatable bonds is 6. The van der Waals surface area contributed by atoms with Crippen LogP contribution in [0.1, 0.15) is 32.0 Å². The van der Waals surface area contributed by atoms with Gasteiger partial charge in [0.15, 0.2) is 0 Å². The summed E-state index contributed by atoms with van der Waals surface area (Å²) in [6, 6.07) is 27.1. The van der Waals surface area contributed by atoms with Crippen LogP contribution in [0.4, 0.5) is 0 Å². The summed E-state index contributed by atoms with van der Waals surface area (Å²) in [6.45, 7) is 1.95. The molecule has 0 spiro atoms. The van der Waals surface area contributed by atoms with E-state index in [9.17, 15) is 9.59 Å². The van der Waals surface area contributed by atoms with Gasteiger partial charge in [-0.3, -0.25) is 4.79 Å². The standard InChI is InChI=1S/C30H21BrClN3O3/c1-18-10-12-19(13-11-18)30(37)38-26-9-5-2-6-20(26)17-33-35-29(36)28-27(22-7-3-4-8-24(22)32)23-16-21(31)14-15-25(23)34-28/h2-17,34H,1H3,(H,35,36). The Kier molecular flexibility index (Phi) is 7.40. The number of carbonyl (C=O) groups excluding carboxylic acids is 2. The van der Waals surface area contributed by atoms with Crippen molar-refractivity contribution in [1.29, 1.82) is 0 Å². The highest BCUT2D eigenvalue weighted by Crippen LogP contribution is 2.37. The van der Waals surface area contributed by atoms with Crippen LogP contribution in [0, 0.1) is 6.92 Å². The number of H-pyrrole nitrogens is 1.